The normalized spacial score (nSPS) is 23.7. The first-order valence-corrected chi connectivity index (χ1v) is 8.31. The summed E-state index contributed by atoms with van der Waals surface area (Å²) in [5.41, 5.74) is 7.50. The number of nitrogens with two attached hydrogens (primary N) is 1. The molecule has 4 heteroatoms. The van der Waals surface area contributed by atoms with Gasteiger partial charge in [-0.3, -0.25) is 4.90 Å². The first-order valence-electron chi connectivity index (χ1n) is 7.43. The lowest BCUT2D eigenvalue weighted by atomic mass is 10.0. The monoisotopic (exact) mass is 281 g/mol. The topological polar surface area (TPSA) is 32.5 Å². The maximum absolute atomic E-state index is 6.10. The van der Waals surface area contributed by atoms with Crippen LogP contribution in [0.3, 0.4) is 0 Å². The lowest BCUT2D eigenvalue weighted by Gasteiger charge is -2.44. The number of hydrogen-bond donors (Lipinski definition) is 1. The van der Waals surface area contributed by atoms with Crippen molar-refractivity contribution in [2.45, 2.75) is 39.3 Å². The smallest absolute Gasteiger partial charge is 0.0570 e. The molecule has 0 spiro atoms. The zero-order valence-corrected chi connectivity index (χ0v) is 13.2. The molecule has 19 heavy (non-hydrogen) atoms. The summed E-state index contributed by atoms with van der Waals surface area (Å²) in [6.07, 6.45) is 1.21. The Morgan fingerprint density at radius 1 is 1.42 bits per heavy atom. The molecule has 3 nitrogen and oxygen atoms in total. The molecule has 0 bridgehead atoms. The molecule has 2 heterocycles. The minimum absolute atomic E-state index is 0.406. The average Bonchev–Trinajstić information content (AvgIpc) is 2.86. The van der Waals surface area contributed by atoms with Crippen molar-refractivity contribution in [1.82, 2.24) is 9.80 Å². The van der Waals surface area contributed by atoms with Gasteiger partial charge in [-0.25, -0.2) is 0 Å². The number of nitrogens with zero attached hydrogens (tertiary/aromatic N) is 2. The predicted octanol–water partition coefficient (Wildman–Crippen LogP) is 2.47. The van der Waals surface area contributed by atoms with Crippen LogP contribution in [-0.2, 0) is 0 Å². The summed E-state index contributed by atoms with van der Waals surface area (Å²) in [6.45, 7) is 12.2. The van der Waals surface area contributed by atoms with E-state index in [1.54, 1.807) is 0 Å². The summed E-state index contributed by atoms with van der Waals surface area (Å²) in [7, 11) is 0. The molecule has 1 saturated heterocycles. The van der Waals surface area contributed by atoms with Crippen molar-refractivity contribution >= 4 is 11.3 Å². The Morgan fingerprint density at radius 2 is 2.21 bits per heavy atom. The van der Waals surface area contributed by atoms with Gasteiger partial charge in [0.05, 0.1) is 6.04 Å². The highest BCUT2D eigenvalue weighted by atomic mass is 32.1. The zero-order valence-electron chi connectivity index (χ0n) is 12.4. The highest BCUT2D eigenvalue weighted by Crippen LogP contribution is 2.31. The summed E-state index contributed by atoms with van der Waals surface area (Å²) in [4.78, 5) is 6.66. The van der Waals surface area contributed by atoms with Crippen LogP contribution >= 0.6 is 11.3 Å². The highest BCUT2D eigenvalue weighted by molar-refractivity contribution is 7.10. The van der Waals surface area contributed by atoms with Crippen LogP contribution in [0.5, 0.6) is 0 Å². The van der Waals surface area contributed by atoms with Crippen molar-refractivity contribution in [1.29, 1.82) is 0 Å². The number of thiophene rings is 1. The van der Waals surface area contributed by atoms with E-state index in [-0.39, 0.29) is 0 Å². The first kappa shape index (κ1) is 15.0. The van der Waals surface area contributed by atoms with Crippen LogP contribution in [0.25, 0.3) is 0 Å². The third kappa shape index (κ3) is 3.19. The van der Waals surface area contributed by atoms with E-state index < -0.39 is 0 Å². The summed E-state index contributed by atoms with van der Waals surface area (Å²) in [5, 5.41) is 2.19. The van der Waals surface area contributed by atoms with Gasteiger partial charge in [0, 0.05) is 37.1 Å². The van der Waals surface area contributed by atoms with Gasteiger partial charge in [0.25, 0.3) is 0 Å². The Bertz CT molecular complexity index is 390. The Morgan fingerprint density at radius 3 is 2.74 bits per heavy atom. The lowest BCUT2D eigenvalue weighted by molar-refractivity contribution is 0.0437. The molecule has 1 aromatic rings. The number of aryl methyl sites for hydroxylation is 1. The summed E-state index contributed by atoms with van der Waals surface area (Å²) >= 11 is 1.86. The fourth-order valence-electron chi connectivity index (χ4n) is 3.11. The van der Waals surface area contributed by atoms with Crippen LogP contribution in [0.15, 0.2) is 11.4 Å². The van der Waals surface area contributed by atoms with Gasteiger partial charge in [0.2, 0.25) is 0 Å². The van der Waals surface area contributed by atoms with Gasteiger partial charge < -0.3 is 10.6 Å². The van der Waals surface area contributed by atoms with E-state index in [1.807, 2.05) is 11.3 Å². The molecule has 0 aromatic carbocycles. The van der Waals surface area contributed by atoms with Crippen molar-refractivity contribution in [3.8, 4) is 0 Å². The quantitative estimate of drug-likeness (QED) is 0.900. The summed E-state index contributed by atoms with van der Waals surface area (Å²) in [5.74, 6) is 0. The van der Waals surface area contributed by atoms with E-state index in [4.69, 9.17) is 5.73 Å². The fraction of sp³-hybridized carbons (Fsp3) is 0.733. The van der Waals surface area contributed by atoms with Crippen LogP contribution in [0, 0.1) is 6.92 Å². The molecule has 0 amide bonds. The minimum atomic E-state index is 0.406. The van der Waals surface area contributed by atoms with Crippen LogP contribution in [0.2, 0.25) is 0 Å². The van der Waals surface area contributed by atoms with Gasteiger partial charge in [-0.15, -0.1) is 11.3 Å². The molecule has 2 N–H and O–H groups in total. The molecular weight excluding hydrogens is 254 g/mol. The SMILES string of the molecule is CCC1CN(CC)CCN1C(CN)c1sccc1C. The Hall–Kier alpha value is -0.420. The Kier molecular flexibility index (Phi) is 5.39. The van der Waals surface area contributed by atoms with Crippen LogP contribution in [0.1, 0.15) is 36.8 Å². The van der Waals surface area contributed by atoms with Crippen molar-refractivity contribution in [2.75, 3.05) is 32.7 Å². The second kappa shape index (κ2) is 6.84. The predicted molar refractivity (Wildman–Crippen MR) is 83.8 cm³/mol. The van der Waals surface area contributed by atoms with E-state index in [1.165, 1.54) is 30.0 Å². The summed E-state index contributed by atoms with van der Waals surface area (Å²) in [6, 6.07) is 3.26. The zero-order chi connectivity index (χ0) is 13.8. The Balaban J connectivity index is 2.16. The van der Waals surface area contributed by atoms with Gasteiger partial charge in [-0.1, -0.05) is 13.8 Å². The van der Waals surface area contributed by atoms with Gasteiger partial charge in [0.15, 0.2) is 0 Å². The standard InChI is InChI=1S/C15H27N3S/c1-4-13-11-17(5-2)7-8-18(13)14(10-16)15-12(3)6-9-19-15/h6,9,13-14H,4-5,7-8,10-11,16H2,1-3H3. The molecule has 1 fully saturated rings. The highest BCUT2D eigenvalue weighted by Gasteiger charge is 2.31. The maximum Gasteiger partial charge on any atom is 0.0570 e. The molecule has 0 aliphatic carbocycles. The van der Waals surface area contributed by atoms with Crippen LogP contribution in [0.4, 0.5) is 0 Å². The number of rotatable bonds is 5. The Labute approximate surface area is 121 Å². The van der Waals surface area contributed by atoms with Gasteiger partial charge in [0.1, 0.15) is 0 Å². The minimum Gasteiger partial charge on any atom is -0.329 e. The second-order valence-corrected chi connectivity index (χ2v) is 6.36. The van der Waals surface area contributed by atoms with Crippen molar-refractivity contribution in [3.05, 3.63) is 21.9 Å². The third-order valence-corrected chi connectivity index (χ3v) is 5.48. The number of piperazine rings is 1. The van der Waals surface area contributed by atoms with Crippen molar-refractivity contribution < 1.29 is 0 Å². The first-order chi connectivity index (χ1) is 9.21. The van der Waals surface area contributed by atoms with Gasteiger partial charge in [-0.2, -0.15) is 0 Å². The van der Waals surface area contributed by atoms with Gasteiger partial charge in [-0.05, 0) is 36.9 Å². The fourth-order valence-corrected chi connectivity index (χ4v) is 4.18. The van der Waals surface area contributed by atoms with Crippen molar-refractivity contribution in [3.63, 3.8) is 0 Å². The maximum atomic E-state index is 6.10. The molecule has 2 unspecified atom stereocenters. The van der Waals surface area contributed by atoms with E-state index >= 15 is 0 Å². The number of likely N-dealkylation sites (N-methyl/N-ethyl adjacent to an activating group) is 1. The molecular formula is C15H27N3S. The van der Waals surface area contributed by atoms with Crippen LogP contribution < -0.4 is 5.73 Å². The molecule has 2 atom stereocenters. The van der Waals surface area contributed by atoms with Gasteiger partial charge >= 0.3 is 0 Å². The largest absolute Gasteiger partial charge is 0.329 e. The molecule has 1 aliphatic rings. The molecule has 1 aliphatic heterocycles. The molecule has 108 valence electrons. The third-order valence-electron chi connectivity index (χ3n) is 4.36. The van der Waals surface area contributed by atoms with Crippen molar-refractivity contribution in [2.24, 2.45) is 5.73 Å². The molecule has 2 rings (SSSR count). The summed E-state index contributed by atoms with van der Waals surface area (Å²) < 4.78 is 0. The van der Waals surface area contributed by atoms with E-state index in [9.17, 15) is 0 Å². The lowest BCUT2D eigenvalue weighted by Crippen LogP contribution is -2.54. The number of hydrogen-bond acceptors (Lipinski definition) is 4. The average molecular weight is 281 g/mol. The van der Waals surface area contributed by atoms with E-state index in [0.717, 1.165) is 19.6 Å². The molecule has 0 radical (unpaired) electrons. The van der Waals surface area contributed by atoms with E-state index in [2.05, 4.69) is 42.0 Å². The van der Waals surface area contributed by atoms with Crippen LogP contribution in [-0.4, -0.2) is 48.6 Å². The van der Waals surface area contributed by atoms with E-state index in [0.29, 0.717) is 12.1 Å². The molecule has 1 aromatic heterocycles. The molecule has 0 saturated carbocycles. The second-order valence-electron chi connectivity index (χ2n) is 5.41.